The molecule has 1 atom stereocenters. The normalized spacial score (nSPS) is 16.0. The number of amides is 1. The molecule has 0 bridgehead atoms. The molecular weight excluding hydrogens is 368 g/mol. The zero-order valence-electron chi connectivity index (χ0n) is 15.0. The molecule has 11 nitrogen and oxygen atoms in total. The number of aliphatic carboxylic acids is 1. The summed E-state index contributed by atoms with van der Waals surface area (Å²) in [5.74, 6) is -2.32. The van der Waals surface area contributed by atoms with Crippen LogP contribution in [0.4, 0.5) is 5.69 Å². The van der Waals surface area contributed by atoms with E-state index in [2.05, 4.69) is 20.3 Å². The quantitative estimate of drug-likeness (QED) is 0.174. The number of nitro benzene ring substituents is 1. The van der Waals surface area contributed by atoms with Gasteiger partial charge >= 0.3 is 5.97 Å². The highest BCUT2D eigenvalue weighted by atomic mass is 16.6. The van der Waals surface area contributed by atoms with E-state index >= 15 is 0 Å². The third-order valence-corrected chi connectivity index (χ3v) is 4.13. The van der Waals surface area contributed by atoms with Crippen molar-refractivity contribution in [3.63, 3.8) is 0 Å². The van der Waals surface area contributed by atoms with Crippen LogP contribution in [0.25, 0.3) is 10.4 Å². The number of non-ortho nitro benzene ring substituents is 1. The Labute approximate surface area is 159 Å². The molecule has 1 amide bonds. The maximum absolute atomic E-state index is 12.1. The van der Waals surface area contributed by atoms with E-state index in [-0.39, 0.29) is 30.0 Å². The molecule has 1 aliphatic rings. The fourth-order valence-corrected chi connectivity index (χ4v) is 2.87. The van der Waals surface area contributed by atoms with Gasteiger partial charge in [-0.3, -0.25) is 14.9 Å². The second-order valence-corrected chi connectivity index (χ2v) is 6.13. The van der Waals surface area contributed by atoms with E-state index in [1.807, 2.05) is 0 Å². The van der Waals surface area contributed by atoms with Crippen molar-refractivity contribution in [1.82, 2.24) is 5.32 Å². The van der Waals surface area contributed by atoms with E-state index in [4.69, 9.17) is 5.53 Å². The van der Waals surface area contributed by atoms with Crippen LogP contribution in [0.1, 0.15) is 37.7 Å². The minimum Gasteiger partial charge on any atom is -0.478 e. The van der Waals surface area contributed by atoms with E-state index in [1.54, 1.807) is 6.92 Å². The number of carbonyl (C=O) groups excluding carboxylic acids is 1. The van der Waals surface area contributed by atoms with Gasteiger partial charge in [0.2, 0.25) is 5.91 Å². The maximum atomic E-state index is 12.1. The average molecular weight is 386 g/mol. The van der Waals surface area contributed by atoms with Gasteiger partial charge in [0, 0.05) is 41.6 Å². The molecule has 1 aliphatic heterocycles. The summed E-state index contributed by atoms with van der Waals surface area (Å²) in [7, 11) is 0. The Kier molecular flexibility index (Phi) is 6.83. The number of carboxylic acids is 1. The molecule has 0 spiro atoms. The first-order valence-electron chi connectivity index (χ1n) is 8.40. The van der Waals surface area contributed by atoms with E-state index in [9.17, 15) is 24.8 Å². The molecule has 11 heteroatoms. The first-order chi connectivity index (χ1) is 13.3. The van der Waals surface area contributed by atoms with E-state index in [0.29, 0.717) is 24.1 Å². The number of hydrogen-bond acceptors (Lipinski definition) is 6. The smallest absolute Gasteiger partial charge is 0.335 e. The molecule has 0 aromatic heterocycles. The summed E-state index contributed by atoms with van der Waals surface area (Å²) in [6.45, 7) is 1.87. The number of azide groups is 1. The molecule has 0 radical (unpaired) electrons. The van der Waals surface area contributed by atoms with Gasteiger partial charge in [0.05, 0.1) is 10.5 Å². The van der Waals surface area contributed by atoms with Gasteiger partial charge in [-0.15, -0.1) is 0 Å². The molecule has 2 rings (SSSR count). The monoisotopic (exact) mass is 386 g/mol. The van der Waals surface area contributed by atoms with Crippen molar-refractivity contribution in [3.05, 3.63) is 61.8 Å². The second kappa shape index (κ2) is 9.28. The Morgan fingerprint density at radius 2 is 2.11 bits per heavy atom. The van der Waals surface area contributed by atoms with Crippen LogP contribution in [0.15, 0.2) is 45.8 Å². The summed E-state index contributed by atoms with van der Waals surface area (Å²) < 4.78 is 0. The lowest BCUT2D eigenvalue weighted by atomic mass is 9.84. The van der Waals surface area contributed by atoms with E-state index in [0.717, 1.165) is 0 Å². The topological polar surface area (TPSA) is 171 Å². The largest absolute Gasteiger partial charge is 0.478 e. The van der Waals surface area contributed by atoms with Crippen LogP contribution < -0.4 is 5.32 Å². The summed E-state index contributed by atoms with van der Waals surface area (Å²) >= 11 is 0. The van der Waals surface area contributed by atoms with Gasteiger partial charge in [0.1, 0.15) is 5.82 Å². The Balaban J connectivity index is 2.30. The van der Waals surface area contributed by atoms with Crippen molar-refractivity contribution in [2.75, 3.05) is 6.54 Å². The molecule has 1 aromatic carbocycles. The van der Waals surface area contributed by atoms with Crippen molar-refractivity contribution < 1.29 is 19.6 Å². The lowest BCUT2D eigenvalue weighted by molar-refractivity contribution is -0.384. The number of benzene rings is 1. The molecule has 28 heavy (non-hydrogen) atoms. The zero-order chi connectivity index (χ0) is 20.7. The minimum atomic E-state index is -1.23. The highest BCUT2D eigenvalue weighted by Crippen LogP contribution is 2.34. The predicted molar refractivity (Wildman–Crippen MR) is 99.6 cm³/mol. The third-order valence-electron chi connectivity index (χ3n) is 4.13. The number of nitrogens with one attached hydrogen (secondary N) is 1. The fourth-order valence-electron chi connectivity index (χ4n) is 2.87. The van der Waals surface area contributed by atoms with Crippen molar-refractivity contribution >= 4 is 23.3 Å². The Morgan fingerprint density at radius 3 is 2.68 bits per heavy atom. The van der Waals surface area contributed by atoms with Crippen LogP contribution in [-0.2, 0) is 9.59 Å². The molecule has 0 aliphatic carbocycles. The molecule has 2 N–H and O–H groups in total. The van der Waals surface area contributed by atoms with E-state index in [1.165, 1.54) is 24.3 Å². The molecule has 0 saturated carbocycles. The van der Waals surface area contributed by atoms with Crippen LogP contribution in [-0.4, -0.2) is 34.2 Å². The highest BCUT2D eigenvalue weighted by Gasteiger charge is 2.31. The summed E-state index contributed by atoms with van der Waals surface area (Å²) in [5, 5.41) is 26.4. The summed E-state index contributed by atoms with van der Waals surface area (Å²) in [6, 6.07) is 5.63. The molecule has 0 fully saturated rings. The van der Waals surface area contributed by atoms with Gasteiger partial charge in [0.15, 0.2) is 0 Å². The second-order valence-electron chi connectivity index (χ2n) is 6.13. The van der Waals surface area contributed by atoms with Crippen molar-refractivity contribution in [3.8, 4) is 0 Å². The molecular formula is C17H18N6O5. The number of carbonyl (C=O) groups is 2. The lowest BCUT2D eigenvalue weighted by Gasteiger charge is -2.25. The highest BCUT2D eigenvalue weighted by molar-refractivity contribution is 5.96. The van der Waals surface area contributed by atoms with Gasteiger partial charge in [-0.1, -0.05) is 17.2 Å². The Morgan fingerprint density at radius 1 is 1.43 bits per heavy atom. The summed E-state index contributed by atoms with van der Waals surface area (Å²) in [6.07, 6.45) is 0.682. The van der Waals surface area contributed by atoms with Crippen molar-refractivity contribution in [2.24, 2.45) is 10.1 Å². The molecule has 146 valence electrons. The van der Waals surface area contributed by atoms with Crippen LogP contribution in [0.2, 0.25) is 0 Å². The Hall–Kier alpha value is -3.72. The number of hydrogen-bond donors (Lipinski definition) is 2. The molecule has 1 aromatic rings. The van der Waals surface area contributed by atoms with E-state index < -0.39 is 22.7 Å². The van der Waals surface area contributed by atoms with Crippen LogP contribution >= 0.6 is 0 Å². The standard InChI is InChI=1S/C17H18N6O5/c1-10-9-13(11-4-6-12(7-5-11)23(27)28)15(17(25)26)16(20-10)21-14(24)3-2-8-19-22-18/h4-7,13H,2-3,8-9H2,1H3,(H,21,24)(H,25,26). The SMILES string of the molecule is CC1=NC(NC(=O)CCCN=[N+]=[N-])=C(C(=O)O)C(c2ccc([N+](=O)[O-])cc2)C1. The van der Waals surface area contributed by atoms with Gasteiger partial charge in [0.25, 0.3) is 5.69 Å². The minimum absolute atomic E-state index is 0.0478. The summed E-state index contributed by atoms with van der Waals surface area (Å²) in [4.78, 5) is 41.0. The maximum Gasteiger partial charge on any atom is 0.335 e. The predicted octanol–water partition coefficient (Wildman–Crippen LogP) is 3.05. The molecule has 0 saturated heterocycles. The van der Waals surface area contributed by atoms with Crippen LogP contribution in [0.5, 0.6) is 0 Å². The fraction of sp³-hybridized carbons (Fsp3) is 0.353. The third kappa shape index (κ3) is 5.15. The van der Waals surface area contributed by atoms with Gasteiger partial charge < -0.3 is 10.4 Å². The van der Waals surface area contributed by atoms with Crippen LogP contribution in [0.3, 0.4) is 0 Å². The van der Waals surface area contributed by atoms with Crippen molar-refractivity contribution in [2.45, 2.75) is 32.1 Å². The number of nitro groups is 1. The summed E-state index contributed by atoms with van der Waals surface area (Å²) in [5.41, 5.74) is 9.25. The number of carboxylic acid groups (broad SMARTS) is 1. The number of nitrogens with zero attached hydrogens (tertiary/aromatic N) is 5. The van der Waals surface area contributed by atoms with Gasteiger partial charge in [-0.05, 0) is 30.9 Å². The number of aliphatic imine (C=N–C) groups is 1. The van der Waals surface area contributed by atoms with Gasteiger partial charge in [-0.25, -0.2) is 9.79 Å². The first-order valence-corrected chi connectivity index (χ1v) is 8.40. The molecule has 1 heterocycles. The van der Waals surface area contributed by atoms with Crippen molar-refractivity contribution in [1.29, 1.82) is 0 Å². The van der Waals surface area contributed by atoms with Crippen LogP contribution in [0, 0.1) is 10.1 Å². The lowest BCUT2D eigenvalue weighted by Crippen LogP contribution is -2.30. The average Bonchev–Trinajstić information content (AvgIpc) is 2.64. The first kappa shape index (κ1) is 20.6. The molecule has 1 unspecified atom stereocenters. The zero-order valence-corrected chi connectivity index (χ0v) is 15.0. The number of rotatable bonds is 8. The van der Waals surface area contributed by atoms with Gasteiger partial charge in [-0.2, -0.15) is 0 Å². The Bertz CT molecular complexity index is 899.